The lowest BCUT2D eigenvalue weighted by atomic mass is 9.68. The second-order valence-corrected chi connectivity index (χ2v) is 13.9. The molecular weight excluding hydrogens is 574 g/mol. The molecule has 1 spiro atoms. The van der Waals surface area contributed by atoms with Gasteiger partial charge in [0, 0.05) is 35.1 Å². The first-order chi connectivity index (χ1) is 20.0. The number of nitrogens with zero attached hydrogens (tertiary/aromatic N) is 1. The van der Waals surface area contributed by atoms with Crippen molar-refractivity contribution < 1.29 is 23.1 Å². The van der Waals surface area contributed by atoms with E-state index >= 15 is 0 Å². The van der Waals surface area contributed by atoms with Gasteiger partial charge in [0.25, 0.3) is 5.91 Å². The summed E-state index contributed by atoms with van der Waals surface area (Å²) in [5, 5.41) is 11.3. The van der Waals surface area contributed by atoms with Crippen LogP contribution in [0.2, 0.25) is 5.02 Å². The molecule has 0 saturated heterocycles. The van der Waals surface area contributed by atoms with E-state index in [1.165, 1.54) is 11.1 Å². The first-order valence-electron chi connectivity index (χ1n) is 14.6. The van der Waals surface area contributed by atoms with Crippen molar-refractivity contribution in [1.82, 2.24) is 9.44 Å². The molecule has 5 rings (SSSR count). The molecule has 3 aliphatic rings. The maximum absolute atomic E-state index is 13.2. The topological polar surface area (TPSA) is 108 Å². The van der Waals surface area contributed by atoms with Gasteiger partial charge in [0.1, 0.15) is 5.75 Å². The molecule has 2 aliphatic carbocycles. The molecule has 1 saturated carbocycles. The number of fused-ring (bicyclic) bond motifs is 3. The van der Waals surface area contributed by atoms with Crippen molar-refractivity contribution in [3.05, 3.63) is 83.4 Å². The van der Waals surface area contributed by atoms with Crippen molar-refractivity contribution in [1.29, 1.82) is 0 Å². The summed E-state index contributed by atoms with van der Waals surface area (Å²) in [6, 6.07) is 10.8. The zero-order chi connectivity index (χ0) is 30.1. The third kappa shape index (κ3) is 6.39. The summed E-state index contributed by atoms with van der Waals surface area (Å²) in [4.78, 5) is 15.4. The molecule has 0 radical (unpaired) electrons. The summed E-state index contributed by atoms with van der Waals surface area (Å²) in [7, 11) is -4.08. The smallest absolute Gasteiger partial charge is 0.301 e. The van der Waals surface area contributed by atoms with Crippen LogP contribution in [0.25, 0.3) is 0 Å². The van der Waals surface area contributed by atoms with Gasteiger partial charge in [0.15, 0.2) is 0 Å². The Labute approximate surface area is 254 Å². The van der Waals surface area contributed by atoms with E-state index in [4.69, 9.17) is 16.3 Å². The van der Waals surface area contributed by atoms with Crippen molar-refractivity contribution in [2.75, 3.05) is 24.6 Å². The van der Waals surface area contributed by atoms with Crippen LogP contribution in [0.1, 0.15) is 60.5 Å². The molecule has 0 aromatic heterocycles. The highest BCUT2D eigenvalue weighted by atomic mass is 35.5. The number of nitrogens with one attached hydrogen (secondary N) is 2. The summed E-state index contributed by atoms with van der Waals surface area (Å²) in [5.74, 6) is 0.271. The minimum absolute atomic E-state index is 0.115. The molecule has 8 nitrogen and oxygen atoms in total. The number of hydrogen-bond acceptors (Lipinski definition) is 6. The summed E-state index contributed by atoms with van der Waals surface area (Å²) < 4.78 is 36.3. The van der Waals surface area contributed by atoms with Crippen LogP contribution in [-0.4, -0.2) is 51.3 Å². The van der Waals surface area contributed by atoms with Crippen molar-refractivity contribution in [2.24, 2.45) is 11.8 Å². The fraction of sp³-hybridized carbons (Fsp3) is 0.469. The molecule has 3 N–H and O–H groups in total. The number of amides is 1. The molecule has 1 amide bonds. The van der Waals surface area contributed by atoms with E-state index in [0.717, 1.165) is 42.8 Å². The second kappa shape index (κ2) is 12.4. The largest absolute Gasteiger partial charge is 0.490 e. The highest BCUT2D eigenvalue weighted by molar-refractivity contribution is 7.88. The Morgan fingerprint density at radius 2 is 2.07 bits per heavy atom. The van der Waals surface area contributed by atoms with Gasteiger partial charge in [-0.3, -0.25) is 4.79 Å². The van der Waals surface area contributed by atoms with Crippen molar-refractivity contribution in [3.8, 4) is 5.75 Å². The fourth-order valence-corrected chi connectivity index (χ4v) is 8.00. The highest BCUT2D eigenvalue weighted by Crippen LogP contribution is 2.46. The lowest BCUT2D eigenvalue weighted by molar-refractivity contribution is 0.0460. The van der Waals surface area contributed by atoms with E-state index in [1.54, 1.807) is 37.3 Å². The van der Waals surface area contributed by atoms with Gasteiger partial charge in [-0.05, 0) is 98.7 Å². The molecule has 226 valence electrons. The fourth-order valence-electron chi connectivity index (χ4n) is 6.76. The minimum atomic E-state index is -4.08. The van der Waals surface area contributed by atoms with Crippen LogP contribution in [0.3, 0.4) is 0 Å². The van der Waals surface area contributed by atoms with Gasteiger partial charge < -0.3 is 14.7 Å². The van der Waals surface area contributed by atoms with Crippen LogP contribution >= 0.6 is 11.6 Å². The summed E-state index contributed by atoms with van der Waals surface area (Å²) in [6.07, 6.45) is 7.89. The lowest BCUT2D eigenvalue weighted by Crippen LogP contribution is -2.49. The number of halogens is 1. The Morgan fingerprint density at radius 3 is 2.79 bits per heavy atom. The molecule has 2 aromatic rings. The number of anilines is 1. The van der Waals surface area contributed by atoms with Gasteiger partial charge in [-0.1, -0.05) is 29.8 Å². The second-order valence-electron chi connectivity index (χ2n) is 12.0. The molecule has 10 heteroatoms. The maximum atomic E-state index is 13.2. The number of benzene rings is 2. The molecule has 5 atom stereocenters. The highest BCUT2D eigenvalue weighted by Gasteiger charge is 2.44. The Bertz CT molecular complexity index is 1460. The minimum Gasteiger partial charge on any atom is -0.490 e. The van der Waals surface area contributed by atoms with Crippen LogP contribution in [0.5, 0.6) is 5.75 Å². The summed E-state index contributed by atoms with van der Waals surface area (Å²) in [5.41, 5.74) is 3.13. The zero-order valence-electron chi connectivity index (χ0n) is 24.0. The standard InChI is InChI=1S/C32H40ClN3O5S/c1-4-7-21(3)34-42(39,40)35-31(38)23-10-14-30-28(17-23)36(18-24-9-12-26(24)29(37)5-2)19-32(20-41-30)15-6-8-22-16-25(33)11-13-27(22)32/h4-5,10-11,13-14,16-17,21,24,26,29,34,37H,1-2,6-9,12,15,18-20H2,3H3,(H,35,38)/t21-,24-,26+,29-,32-/m0/s1. The van der Waals surface area contributed by atoms with Gasteiger partial charge in [0.2, 0.25) is 0 Å². The first-order valence-corrected chi connectivity index (χ1v) is 16.5. The number of carbonyl (C=O) groups is 1. The Morgan fingerprint density at radius 1 is 1.26 bits per heavy atom. The molecule has 0 bridgehead atoms. The molecular formula is C32H40ClN3O5S. The SMILES string of the molecule is C=CC[C@H](C)NS(=O)(=O)NC(=O)c1ccc2c(c1)N(C[C@@H]1CC[C@H]1[C@@H](O)C=C)C[C@@]1(CCCc3cc(Cl)ccc31)CO2. The number of aliphatic hydroxyl groups is 1. The van der Waals surface area contributed by atoms with E-state index in [-0.39, 0.29) is 22.8 Å². The maximum Gasteiger partial charge on any atom is 0.301 e. The monoisotopic (exact) mass is 613 g/mol. The van der Waals surface area contributed by atoms with Crippen molar-refractivity contribution >= 4 is 33.4 Å². The Balaban J connectivity index is 1.48. The Hall–Kier alpha value is -2.85. The van der Waals surface area contributed by atoms with Gasteiger partial charge in [-0.25, -0.2) is 4.72 Å². The predicted octanol–water partition coefficient (Wildman–Crippen LogP) is 4.92. The van der Waals surface area contributed by atoms with Crippen molar-refractivity contribution in [2.45, 2.75) is 63.0 Å². The van der Waals surface area contributed by atoms with Crippen LogP contribution in [0.4, 0.5) is 5.69 Å². The van der Waals surface area contributed by atoms with Gasteiger partial charge in [-0.2, -0.15) is 13.1 Å². The van der Waals surface area contributed by atoms with Crippen LogP contribution in [-0.2, 0) is 22.0 Å². The van der Waals surface area contributed by atoms with Crippen molar-refractivity contribution in [3.63, 3.8) is 0 Å². The van der Waals surface area contributed by atoms with E-state index in [2.05, 4.69) is 39.6 Å². The van der Waals surface area contributed by atoms with E-state index in [1.807, 2.05) is 6.07 Å². The number of rotatable bonds is 10. The van der Waals surface area contributed by atoms with E-state index in [0.29, 0.717) is 31.9 Å². The summed E-state index contributed by atoms with van der Waals surface area (Å²) in [6.45, 7) is 10.9. The normalized spacial score (nSPS) is 24.7. The molecule has 0 unspecified atom stereocenters. The predicted molar refractivity (Wildman–Crippen MR) is 166 cm³/mol. The van der Waals surface area contributed by atoms with Gasteiger partial charge in [0.05, 0.1) is 18.4 Å². The number of aliphatic hydroxyl groups excluding tert-OH is 1. The van der Waals surface area contributed by atoms with Gasteiger partial charge >= 0.3 is 10.2 Å². The molecule has 42 heavy (non-hydrogen) atoms. The van der Waals surface area contributed by atoms with Crippen LogP contribution < -0.4 is 19.1 Å². The van der Waals surface area contributed by atoms with Gasteiger partial charge in [-0.15, -0.1) is 13.2 Å². The van der Waals surface area contributed by atoms with E-state index < -0.39 is 28.3 Å². The molecule has 2 aromatic carbocycles. The van der Waals surface area contributed by atoms with Crippen LogP contribution in [0, 0.1) is 11.8 Å². The third-order valence-corrected chi connectivity index (χ3v) is 10.4. The molecule has 1 heterocycles. The average Bonchev–Trinajstić information content (AvgIpc) is 3.07. The number of hydrogen-bond donors (Lipinski definition) is 3. The first kappa shape index (κ1) is 30.6. The number of ether oxygens (including phenoxy) is 1. The number of carbonyl (C=O) groups excluding carboxylic acids is 1. The molecule has 1 aliphatic heterocycles. The third-order valence-electron chi connectivity index (χ3n) is 9.01. The quantitative estimate of drug-likeness (QED) is 0.329. The van der Waals surface area contributed by atoms with E-state index in [9.17, 15) is 18.3 Å². The summed E-state index contributed by atoms with van der Waals surface area (Å²) >= 11 is 6.37. The zero-order valence-corrected chi connectivity index (χ0v) is 25.6. The average molecular weight is 614 g/mol. The molecule has 1 fully saturated rings. The number of aryl methyl sites for hydroxylation is 1. The van der Waals surface area contributed by atoms with Crippen LogP contribution in [0.15, 0.2) is 61.7 Å². The Kier molecular flexibility index (Phi) is 9.04. The lowest BCUT2D eigenvalue weighted by Gasteiger charge is -2.45.